The number of nitrogens with one attached hydrogen (secondary N) is 3. The standard InChI is InChI=1S/C22H33N5O6S2/c1-35-10-9-14(23)19(29)26-16(11-13-5-3-2-4-6-13)20(30)27-17(12-34)21(31)25-15(22(32)33)7-8-18(24)28/h2-6,14-17,34H,7-12,23H2,1H3,(H2,24,28)(H,25,31)(H,26,29)(H,27,30)(H,32,33). The van der Waals surface area contributed by atoms with E-state index in [9.17, 15) is 29.1 Å². The number of hydrogen-bond donors (Lipinski definition) is 7. The lowest BCUT2D eigenvalue weighted by Gasteiger charge is -2.24. The normalized spacial score (nSPS) is 14.1. The van der Waals surface area contributed by atoms with Crippen LogP contribution in [0.3, 0.4) is 0 Å². The molecule has 0 saturated carbocycles. The van der Waals surface area contributed by atoms with Crippen LogP contribution in [0.2, 0.25) is 0 Å². The summed E-state index contributed by atoms with van der Waals surface area (Å²) in [5, 5.41) is 16.7. The van der Waals surface area contributed by atoms with E-state index in [4.69, 9.17) is 11.5 Å². The second-order valence-corrected chi connectivity index (χ2v) is 9.14. The fourth-order valence-corrected chi connectivity index (χ4v) is 3.74. The largest absolute Gasteiger partial charge is 0.480 e. The molecule has 0 spiro atoms. The Bertz CT molecular complexity index is 873. The molecule has 0 radical (unpaired) electrons. The minimum Gasteiger partial charge on any atom is -0.480 e. The first-order valence-electron chi connectivity index (χ1n) is 10.9. The molecule has 0 aliphatic carbocycles. The average Bonchev–Trinajstić information content (AvgIpc) is 2.82. The number of amides is 4. The first-order chi connectivity index (χ1) is 16.6. The van der Waals surface area contributed by atoms with Crippen molar-refractivity contribution < 1.29 is 29.1 Å². The number of rotatable bonds is 16. The highest BCUT2D eigenvalue weighted by Gasteiger charge is 2.30. The fourth-order valence-electron chi connectivity index (χ4n) is 3.00. The Morgan fingerprint density at radius 1 is 0.943 bits per heavy atom. The van der Waals surface area contributed by atoms with Crippen LogP contribution >= 0.6 is 24.4 Å². The van der Waals surface area contributed by atoms with Crippen LogP contribution in [-0.2, 0) is 30.4 Å². The predicted octanol–water partition coefficient (Wildman–Crippen LogP) is -0.956. The van der Waals surface area contributed by atoms with E-state index >= 15 is 0 Å². The molecule has 4 atom stereocenters. The summed E-state index contributed by atoms with van der Waals surface area (Å²) in [6, 6.07) is 4.57. The van der Waals surface area contributed by atoms with Crippen LogP contribution < -0.4 is 27.4 Å². The van der Waals surface area contributed by atoms with Gasteiger partial charge in [0.25, 0.3) is 0 Å². The fraction of sp³-hybridized carbons (Fsp3) is 0.500. The van der Waals surface area contributed by atoms with Gasteiger partial charge in [-0.1, -0.05) is 30.3 Å². The lowest BCUT2D eigenvalue weighted by atomic mass is 10.0. The van der Waals surface area contributed by atoms with E-state index in [1.807, 2.05) is 12.3 Å². The molecule has 1 aromatic carbocycles. The predicted molar refractivity (Wildman–Crippen MR) is 137 cm³/mol. The van der Waals surface area contributed by atoms with Crippen LogP contribution in [0.1, 0.15) is 24.8 Å². The number of aliphatic carboxylic acids is 1. The summed E-state index contributed by atoms with van der Waals surface area (Å²) in [4.78, 5) is 60.7. The summed E-state index contributed by atoms with van der Waals surface area (Å²) in [7, 11) is 0. The number of nitrogens with two attached hydrogens (primary N) is 2. The molecule has 11 nitrogen and oxygen atoms in total. The molecule has 4 amide bonds. The summed E-state index contributed by atoms with van der Waals surface area (Å²) in [5.41, 5.74) is 11.8. The summed E-state index contributed by atoms with van der Waals surface area (Å²) < 4.78 is 0. The molecule has 35 heavy (non-hydrogen) atoms. The number of carboxylic acids is 1. The summed E-state index contributed by atoms with van der Waals surface area (Å²) in [5.74, 6) is -3.48. The van der Waals surface area contributed by atoms with Gasteiger partial charge in [-0.2, -0.15) is 24.4 Å². The van der Waals surface area contributed by atoms with Crippen molar-refractivity contribution in [3.05, 3.63) is 35.9 Å². The smallest absolute Gasteiger partial charge is 0.326 e. The summed E-state index contributed by atoms with van der Waals surface area (Å²) in [6.45, 7) is 0. The number of hydrogen-bond acceptors (Lipinski definition) is 8. The van der Waals surface area contributed by atoms with Crippen molar-refractivity contribution in [2.75, 3.05) is 17.8 Å². The molecule has 0 bridgehead atoms. The second kappa shape index (κ2) is 16.0. The Kier molecular flexibility index (Phi) is 13.8. The van der Waals surface area contributed by atoms with Crippen LogP contribution in [0.15, 0.2) is 30.3 Å². The minimum absolute atomic E-state index is 0.140. The van der Waals surface area contributed by atoms with E-state index in [2.05, 4.69) is 28.6 Å². The van der Waals surface area contributed by atoms with Gasteiger partial charge in [0.2, 0.25) is 23.6 Å². The lowest BCUT2D eigenvalue weighted by Crippen LogP contribution is -2.58. The van der Waals surface area contributed by atoms with Gasteiger partial charge >= 0.3 is 5.97 Å². The summed E-state index contributed by atoms with van der Waals surface area (Å²) in [6.07, 6.45) is 2.02. The number of thiol groups is 1. The van der Waals surface area contributed by atoms with Gasteiger partial charge in [-0.3, -0.25) is 19.2 Å². The molecular weight excluding hydrogens is 494 g/mol. The lowest BCUT2D eigenvalue weighted by molar-refractivity contribution is -0.142. The molecule has 0 fully saturated rings. The molecule has 194 valence electrons. The zero-order chi connectivity index (χ0) is 26.4. The minimum atomic E-state index is -1.37. The molecule has 4 unspecified atom stereocenters. The highest BCUT2D eigenvalue weighted by Crippen LogP contribution is 2.06. The van der Waals surface area contributed by atoms with Crippen LogP contribution in [0.5, 0.6) is 0 Å². The number of carboxylic acid groups (broad SMARTS) is 1. The Morgan fingerprint density at radius 3 is 2.06 bits per heavy atom. The van der Waals surface area contributed by atoms with Gasteiger partial charge < -0.3 is 32.5 Å². The number of carbonyl (C=O) groups is 5. The average molecular weight is 528 g/mol. The van der Waals surface area contributed by atoms with Gasteiger partial charge in [0, 0.05) is 18.6 Å². The van der Waals surface area contributed by atoms with Crippen molar-refractivity contribution >= 4 is 54.0 Å². The highest BCUT2D eigenvalue weighted by atomic mass is 32.2. The third kappa shape index (κ3) is 11.5. The Balaban J connectivity index is 2.94. The zero-order valence-corrected chi connectivity index (χ0v) is 21.1. The quantitative estimate of drug-likeness (QED) is 0.134. The number of benzene rings is 1. The van der Waals surface area contributed by atoms with E-state index in [1.165, 1.54) is 0 Å². The van der Waals surface area contributed by atoms with Crippen molar-refractivity contribution in [3.63, 3.8) is 0 Å². The first kappa shape index (κ1) is 30.3. The van der Waals surface area contributed by atoms with E-state index in [0.29, 0.717) is 12.2 Å². The van der Waals surface area contributed by atoms with Crippen LogP contribution in [0.4, 0.5) is 0 Å². The van der Waals surface area contributed by atoms with Gasteiger partial charge in [-0.25, -0.2) is 4.79 Å². The molecule has 0 heterocycles. The summed E-state index contributed by atoms with van der Waals surface area (Å²) >= 11 is 5.63. The number of primary amides is 1. The molecule has 0 aliphatic heterocycles. The van der Waals surface area contributed by atoms with Gasteiger partial charge in [-0.05, 0) is 30.4 Å². The van der Waals surface area contributed by atoms with Crippen LogP contribution in [-0.4, -0.2) is 76.6 Å². The topological polar surface area (TPSA) is 194 Å². The van der Waals surface area contributed by atoms with Gasteiger partial charge in [0.1, 0.15) is 18.1 Å². The maximum Gasteiger partial charge on any atom is 0.326 e. The van der Waals surface area contributed by atoms with Gasteiger partial charge in [0.05, 0.1) is 6.04 Å². The molecule has 0 aliphatic rings. The monoisotopic (exact) mass is 527 g/mol. The first-order valence-corrected chi connectivity index (χ1v) is 12.9. The third-order valence-corrected chi connectivity index (χ3v) is 6.00. The van der Waals surface area contributed by atoms with E-state index in [-0.39, 0.29) is 25.0 Å². The second-order valence-electron chi connectivity index (χ2n) is 7.79. The van der Waals surface area contributed by atoms with Crippen LogP contribution in [0, 0.1) is 0 Å². The molecule has 0 saturated heterocycles. The maximum atomic E-state index is 13.1. The van der Waals surface area contributed by atoms with Crippen molar-refractivity contribution in [1.82, 2.24) is 16.0 Å². The Hall–Kier alpha value is -2.77. The van der Waals surface area contributed by atoms with Crippen molar-refractivity contribution in [2.45, 2.75) is 49.9 Å². The molecular formula is C22H33N5O6S2. The maximum absolute atomic E-state index is 13.1. The highest BCUT2D eigenvalue weighted by molar-refractivity contribution is 7.98. The van der Waals surface area contributed by atoms with Crippen molar-refractivity contribution in [2.24, 2.45) is 11.5 Å². The zero-order valence-electron chi connectivity index (χ0n) is 19.4. The molecule has 8 N–H and O–H groups in total. The Labute approximate surface area is 213 Å². The molecule has 1 rings (SSSR count). The van der Waals surface area contributed by atoms with Crippen molar-refractivity contribution in [1.29, 1.82) is 0 Å². The number of thioether (sulfide) groups is 1. The van der Waals surface area contributed by atoms with Gasteiger partial charge in [0.15, 0.2) is 0 Å². The van der Waals surface area contributed by atoms with E-state index in [0.717, 1.165) is 5.56 Å². The molecule has 13 heteroatoms. The Morgan fingerprint density at radius 2 is 1.51 bits per heavy atom. The number of carbonyl (C=O) groups excluding carboxylic acids is 4. The van der Waals surface area contributed by atoms with Crippen LogP contribution in [0.25, 0.3) is 0 Å². The van der Waals surface area contributed by atoms with E-state index in [1.54, 1.807) is 36.0 Å². The molecule has 0 aromatic heterocycles. The third-order valence-electron chi connectivity index (χ3n) is 4.99. The van der Waals surface area contributed by atoms with E-state index < -0.39 is 53.8 Å². The SMILES string of the molecule is CSCCC(N)C(=O)NC(Cc1ccccc1)C(=O)NC(CS)C(=O)NC(CCC(N)=O)C(=O)O. The van der Waals surface area contributed by atoms with Gasteiger partial charge in [-0.15, -0.1) is 0 Å². The van der Waals surface area contributed by atoms with Crippen molar-refractivity contribution in [3.8, 4) is 0 Å². The molecule has 1 aromatic rings.